The Morgan fingerprint density at radius 2 is 1.76 bits per heavy atom. The summed E-state index contributed by atoms with van der Waals surface area (Å²) in [6, 6.07) is 15.1. The van der Waals surface area contributed by atoms with Crippen LogP contribution < -0.4 is 16.2 Å². The van der Waals surface area contributed by atoms with Crippen LogP contribution in [0.1, 0.15) is 11.1 Å². The van der Waals surface area contributed by atoms with E-state index in [1.54, 1.807) is 4.68 Å². The molecule has 0 aliphatic rings. The Morgan fingerprint density at radius 3 is 2.48 bits per heavy atom. The van der Waals surface area contributed by atoms with Gasteiger partial charge < -0.3 is 15.6 Å². The Kier molecular flexibility index (Phi) is 6.55. The van der Waals surface area contributed by atoms with Gasteiger partial charge in [0, 0.05) is 5.69 Å². The molecule has 9 nitrogen and oxygen atoms in total. The number of thioether (sulfide) groups is 1. The number of nitrogens with one attached hydrogen (secondary N) is 3. The molecule has 2 aromatic carbocycles. The number of benzene rings is 2. The third kappa shape index (κ3) is 5.12. The fraction of sp³-hybridized carbons (Fsp3) is 0.174. The van der Waals surface area contributed by atoms with E-state index in [0.29, 0.717) is 16.2 Å². The summed E-state index contributed by atoms with van der Waals surface area (Å²) in [6.07, 6.45) is 1.46. The van der Waals surface area contributed by atoms with E-state index in [2.05, 4.69) is 25.7 Å². The number of hydrogen-bond acceptors (Lipinski definition) is 6. The Morgan fingerprint density at radius 1 is 1.03 bits per heavy atom. The van der Waals surface area contributed by atoms with Crippen LogP contribution in [-0.4, -0.2) is 43.9 Å². The number of anilines is 1. The van der Waals surface area contributed by atoms with E-state index in [-0.39, 0.29) is 29.7 Å². The number of nitrogens with zero attached hydrogens (tertiary/aromatic N) is 3. The monoisotopic (exact) mass is 462 g/mol. The van der Waals surface area contributed by atoms with Crippen LogP contribution in [0.25, 0.3) is 16.7 Å². The van der Waals surface area contributed by atoms with E-state index in [1.165, 1.54) is 6.20 Å². The lowest BCUT2D eigenvalue weighted by Crippen LogP contribution is -2.34. The molecule has 0 atom stereocenters. The summed E-state index contributed by atoms with van der Waals surface area (Å²) in [5, 5.41) is 10.3. The maximum absolute atomic E-state index is 12.4. The molecule has 2 amide bonds. The van der Waals surface area contributed by atoms with Crippen LogP contribution in [0.2, 0.25) is 0 Å². The molecule has 0 fully saturated rings. The van der Waals surface area contributed by atoms with Gasteiger partial charge >= 0.3 is 0 Å². The second-order valence-corrected chi connectivity index (χ2v) is 8.34. The first-order valence-electron chi connectivity index (χ1n) is 10.2. The molecule has 4 rings (SSSR count). The van der Waals surface area contributed by atoms with E-state index < -0.39 is 0 Å². The maximum Gasteiger partial charge on any atom is 0.262 e. The first-order valence-corrected chi connectivity index (χ1v) is 11.2. The fourth-order valence-corrected chi connectivity index (χ4v) is 3.97. The number of aromatic amines is 1. The molecule has 33 heavy (non-hydrogen) atoms. The van der Waals surface area contributed by atoms with Crippen LogP contribution in [0.4, 0.5) is 5.69 Å². The van der Waals surface area contributed by atoms with Gasteiger partial charge in [0.25, 0.3) is 5.56 Å². The first-order chi connectivity index (χ1) is 15.9. The molecule has 0 radical (unpaired) electrons. The van der Waals surface area contributed by atoms with Crippen LogP contribution >= 0.6 is 11.8 Å². The number of amides is 2. The molecule has 4 aromatic rings. The molecule has 10 heteroatoms. The Labute approximate surface area is 193 Å². The number of fused-ring (bicyclic) bond motifs is 1. The lowest BCUT2D eigenvalue weighted by Gasteiger charge is -2.11. The van der Waals surface area contributed by atoms with E-state index in [4.69, 9.17) is 0 Å². The molecule has 0 aliphatic heterocycles. The highest BCUT2D eigenvalue weighted by atomic mass is 32.2. The number of hydrogen-bond donors (Lipinski definition) is 3. The third-order valence-electron chi connectivity index (χ3n) is 4.95. The molecular formula is C23H22N6O3S. The number of carbonyl (C=O) groups is 2. The van der Waals surface area contributed by atoms with Gasteiger partial charge in [-0.2, -0.15) is 5.10 Å². The zero-order valence-corrected chi connectivity index (χ0v) is 18.9. The predicted octanol–water partition coefficient (Wildman–Crippen LogP) is 2.57. The molecule has 0 aliphatic carbocycles. The van der Waals surface area contributed by atoms with Crippen molar-refractivity contribution in [2.75, 3.05) is 17.6 Å². The highest BCUT2D eigenvalue weighted by Gasteiger charge is 2.14. The molecule has 168 valence electrons. The number of carbonyl (C=O) groups excluding carboxylic acids is 2. The highest BCUT2D eigenvalue weighted by molar-refractivity contribution is 7.99. The van der Waals surface area contributed by atoms with Crippen molar-refractivity contribution in [2.24, 2.45) is 0 Å². The van der Waals surface area contributed by atoms with Gasteiger partial charge in [-0.3, -0.25) is 14.4 Å². The average molecular weight is 463 g/mol. The Balaban J connectivity index is 1.38. The molecule has 0 saturated carbocycles. The van der Waals surface area contributed by atoms with Gasteiger partial charge in [0.2, 0.25) is 11.8 Å². The zero-order valence-electron chi connectivity index (χ0n) is 18.1. The topological polar surface area (TPSA) is 122 Å². The van der Waals surface area contributed by atoms with Crippen molar-refractivity contribution in [1.82, 2.24) is 25.1 Å². The van der Waals surface area contributed by atoms with Crippen molar-refractivity contribution >= 4 is 40.3 Å². The zero-order chi connectivity index (χ0) is 23.4. The van der Waals surface area contributed by atoms with Gasteiger partial charge in [0.1, 0.15) is 5.39 Å². The molecule has 0 saturated heterocycles. The van der Waals surface area contributed by atoms with E-state index in [9.17, 15) is 14.4 Å². The maximum atomic E-state index is 12.4. The van der Waals surface area contributed by atoms with Gasteiger partial charge in [-0.1, -0.05) is 48.2 Å². The minimum Gasteiger partial charge on any atom is -0.346 e. The van der Waals surface area contributed by atoms with Crippen molar-refractivity contribution in [3.05, 3.63) is 76.2 Å². The van der Waals surface area contributed by atoms with Crippen molar-refractivity contribution in [3.8, 4) is 5.69 Å². The Bertz CT molecular complexity index is 1360. The van der Waals surface area contributed by atoms with Crippen LogP contribution in [0.5, 0.6) is 0 Å². The summed E-state index contributed by atoms with van der Waals surface area (Å²) in [5.74, 6) is -0.675. The van der Waals surface area contributed by atoms with Crippen molar-refractivity contribution < 1.29 is 9.59 Å². The van der Waals surface area contributed by atoms with E-state index in [0.717, 1.165) is 34.3 Å². The highest BCUT2D eigenvalue weighted by Crippen LogP contribution is 2.19. The van der Waals surface area contributed by atoms with Crippen LogP contribution in [0.15, 0.2) is 64.7 Å². The first kappa shape index (κ1) is 22.3. The van der Waals surface area contributed by atoms with Crippen molar-refractivity contribution in [2.45, 2.75) is 19.0 Å². The lowest BCUT2D eigenvalue weighted by atomic mass is 10.1. The Hall–Kier alpha value is -3.92. The third-order valence-corrected chi connectivity index (χ3v) is 5.82. The normalized spacial score (nSPS) is 10.8. The van der Waals surface area contributed by atoms with Gasteiger partial charge in [-0.05, 0) is 37.1 Å². The average Bonchev–Trinajstić information content (AvgIpc) is 3.24. The van der Waals surface area contributed by atoms with Gasteiger partial charge in [-0.25, -0.2) is 9.67 Å². The largest absolute Gasteiger partial charge is 0.346 e. The van der Waals surface area contributed by atoms with Crippen LogP contribution in [0, 0.1) is 13.8 Å². The summed E-state index contributed by atoms with van der Waals surface area (Å²) in [4.78, 5) is 44.0. The molecule has 0 spiro atoms. The quantitative estimate of drug-likeness (QED) is 0.287. The number of aromatic nitrogens is 4. The summed E-state index contributed by atoms with van der Waals surface area (Å²) in [7, 11) is 0. The van der Waals surface area contributed by atoms with Gasteiger partial charge in [0.05, 0.1) is 24.2 Å². The number of aryl methyl sites for hydroxylation is 2. The van der Waals surface area contributed by atoms with Gasteiger partial charge in [-0.15, -0.1) is 0 Å². The second-order valence-electron chi connectivity index (χ2n) is 7.38. The van der Waals surface area contributed by atoms with Crippen molar-refractivity contribution in [3.63, 3.8) is 0 Å². The number of H-pyrrole nitrogens is 1. The molecule has 0 unspecified atom stereocenters. The number of rotatable bonds is 7. The molecule has 3 N–H and O–H groups in total. The summed E-state index contributed by atoms with van der Waals surface area (Å²) in [5.41, 5.74) is 3.49. The molecular weight excluding hydrogens is 440 g/mol. The van der Waals surface area contributed by atoms with Crippen LogP contribution in [0.3, 0.4) is 0 Å². The fourth-order valence-electron chi connectivity index (χ4n) is 3.28. The lowest BCUT2D eigenvalue weighted by molar-refractivity contribution is -0.122. The van der Waals surface area contributed by atoms with E-state index in [1.807, 2.05) is 62.4 Å². The smallest absolute Gasteiger partial charge is 0.262 e. The van der Waals surface area contributed by atoms with Gasteiger partial charge in [0.15, 0.2) is 10.8 Å². The van der Waals surface area contributed by atoms with E-state index >= 15 is 0 Å². The predicted molar refractivity (Wildman–Crippen MR) is 128 cm³/mol. The SMILES string of the molecule is Cc1cccc(C)c1NC(=O)CNC(=O)CSc1nc2c(cnn2-c2ccccc2)c(=O)[nH]1. The minimum absolute atomic E-state index is 0.00933. The summed E-state index contributed by atoms with van der Waals surface area (Å²) in [6.45, 7) is 3.66. The summed E-state index contributed by atoms with van der Waals surface area (Å²) < 4.78 is 1.58. The second kappa shape index (κ2) is 9.70. The molecule has 2 heterocycles. The van der Waals surface area contributed by atoms with Crippen molar-refractivity contribution in [1.29, 1.82) is 0 Å². The summed E-state index contributed by atoms with van der Waals surface area (Å²) >= 11 is 1.07. The minimum atomic E-state index is -0.351. The van der Waals surface area contributed by atoms with Crippen LogP contribution in [-0.2, 0) is 9.59 Å². The molecule has 2 aromatic heterocycles. The molecule has 0 bridgehead atoms. The number of para-hydroxylation sites is 2. The standard InChI is InChI=1S/C23H22N6O3S/c1-14-7-6-8-15(2)20(14)26-18(30)12-24-19(31)13-33-23-27-21-17(22(32)28-23)11-25-29(21)16-9-4-3-5-10-16/h3-11H,12-13H2,1-2H3,(H,24,31)(H,26,30)(H,27,28,32).